The molecule has 0 amide bonds. The van der Waals surface area contributed by atoms with Crippen molar-refractivity contribution in [1.82, 2.24) is 0 Å². The molecular formula is C58H66N4O6S4. The number of hydrogen-bond donors (Lipinski definition) is 1. The molecule has 0 fully saturated rings. The van der Waals surface area contributed by atoms with Crippen LogP contribution in [0.1, 0.15) is 107 Å². The summed E-state index contributed by atoms with van der Waals surface area (Å²) in [6.45, 7) is 36.8. The van der Waals surface area contributed by atoms with Gasteiger partial charge in [-0.15, -0.1) is 45.3 Å². The van der Waals surface area contributed by atoms with E-state index in [0.29, 0.717) is 69.8 Å². The number of anilines is 2. The Morgan fingerprint density at radius 1 is 0.583 bits per heavy atom. The highest BCUT2D eigenvalue weighted by molar-refractivity contribution is 7.25. The van der Waals surface area contributed by atoms with Crippen molar-refractivity contribution in [3.8, 4) is 19.5 Å². The van der Waals surface area contributed by atoms with E-state index < -0.39 is 0 Å². The second-order valence-electron chi connectivity index (χ2n) is 19.0. The van der Waals surface area contributed by atoms with E-state index in [1.54, 1.807) is 53.1 Å². The van der Waals surface area contributed by atoms with Crippen molar-refractivity contribution in [3.05, 3.63) is 150 Å². The Hall–Kier alpha value is -5.23. The minimum atomic E-state index is -0.0938. The monoisotopic (exact) mass is 1040 g/mol. The van der Waals surface area contributed by atoms with Gasteiger partial charge in [0.15, 0.2) is 17.2 Å². The third kappa shape index (κ3) is 12.6. The molecule has 8 rings (SSSR count). The molecule has 0 spiro atoms. The zero-order valence-electron chi connectivity index (χ0n) is 43.0. The van der Waals surface area contributed by atoms with E-state index in [4.69, 9.17) is 32.1 Å². The third-order valence-electron chi connectivity index (χ3n) is 13.0. The topological polar surface area (TPSA) is 89.4 Å². The number of aryl methyl sites for hydroxylation is 1. The van der Waals surface area contributed by atoms with Gasteiger partial charge in [-0.3, -0.25) is 4.79 Å². The van der Waals surface area contributed by atoms with Crippen LogP contribution in [-0.4, -0.2) is 97.5 Å². The Morgan fingerprint density at radius 3 is 1.38 bits per heavy atom. The lowest BCUT2D eigenvalue weighted by atomic mass is 9.84. The summed E-state index contributed by atoms with van der Waals surface area (Å²) in [6, 6.07) is 24.5. The van der Waals surface area contributed by atoms with Crippen LogP contribution in [0.25, 0.3) is 52.7 Å². The predicted molar refractivity (Wildman–Crippen MR) is 303 cm³/mol. The van der Waals surface area contributed by atoms with Gasteiger partial charge in [0.05, 0.1) is 85.8 Å². The number of nitrogens with zero attached hydrogens (tertiary/aromatic N) is 4. The standard InChI is InChI=1S/C33H42N2O4S2.C25H24N2O2S2/c1-7-13-36-15-17-38-19-20-39-18-16-37-14-12-35(6)30-23-28-32(41-30)31-27(33(28,3)4)21-26(40-31)22-29(34-5)25-10-8-24(2)9-11-25;1-15(29)16-6-8-17(9-7-16)21(26-4)13-18-12-19-23(30-18)24-20(25(19,2)3)14-22(31-24)27(5)10-11-28/h8-11,21-23H,7,12-20H2,1-4,6H3;6-9,12-14,28H,10-11H2,1-3,5H3/b29-22-;21-13-. The molecule has 0 unspecified atom stereocenters. The second-order valence-corrected chi connectivity index (χ2v) is 23.2. The van der Waals surface area contributed by atoms with Crippen LogP contribution >= 0.6 is 45.3 Å². The number of thiophene rings is 4. The molecule has 0 saturated carbocycles. The fourth-order valence-electron chi connectivity index (χ4n) is 8.62. The predicted octanol–water partition coefficient (Wildman–Crippen LogP) is 13.9. The van der Waals surface area contributed by atoms with E-state index in [1.807, 2.05) is 54.8 Å². The van der Waals surface area contributed by atoms with Crippen LogP contribution in [-0.2, 0) is 29.8 Å². The molecule has 72 heavy (non-hydrogen) atoms. The van der Waals surface area contributed by atoms with Crippen molar-refractivity contribution < 1.29 is 28.8 Å². The summed E-state index contributed by atoms with van der Waals surface area (Å²) >= 11 is 7.12. The number of hydrogen-bond acceptors (Lipinski definition) is 12. The Kier molecular flexibility index (Phi) is 18.7. The number of fused-ring (bicyclic) bond motifs is 6. The van der Waals surface area contributed by atoms with Crippen LogP contribution in [0.3, 0.4) is 0 Å². The van der Waals surface area contributed by atoms with E-state index in [0.717, 1.165) is 45.5 Å². The van der Waals surface area contributed by atoms with Gasteiger partial charge in [-0.1, -0.05) is 88.7 Å². The molecule has 1 N–H and O–H groups in total. The molecule has 4 heterocycles. The molecule has 2 aromatic carbocycles. The van der Waals surface area contributed by atoms with Crippen LogP contribution in [0.4, 0.5) is 10.0 Å². The SMILES string of the molecule is [C-]#[N+]/C(=C\c1cc2c(s1)-c1sc(N(C)CCO)cc1C2(C)C)c1ccc(C(C)=O)cc1.[C-]#[N+]/C(=C\c1cc2c(s1)-c1sc(N(C)CCOCCOCCOCCOCCC)cc1C2(C)C)c1ccc(C)cc1. The molecule has 10 nitrogen and oxygen atoms in total. The molecular weight excluding hydrogens is 977 g/mol. The van der Waals surface area contributed by atoms with Crippen LogP contribution in [0.15, 0.2) is 72.8 Å². The molecule has 0 saturated heterocycles. The van der Waals surface area contributed by atoms with E-state index >= 15 is 0 Å². The maximum Gasteiger partial charge on any atom is 0.195 e. The van der Waals surface area contributed by atoms with Gasteiger partial charge in [0.25, 0.3) is 0 Å². The van der Waals surface area contributed by atoms with Gasteiger partial charge in [0, 0.05) is 69.7 Å². The van der Waals surface area contributed by atoms with Crippen molar-refractivity contribution in [3.63, 3.8) is 0 Å². The number of benzene rings is 2. The molecule has 6 aromatic rings. The van der Waals surface area contributed by atoms with Gasteiger partial charge in [-0.2, -0.15) is 0 Å². The second kappa shape index (κ2) is 24.7. The van der Waals surface area contributed by atoms with Crippen LogP contribution in [0.2, 0.25) is 0 Å². The summed E-state index contributed by atoms with van der Waals surface area (Å²) in [5.74, 6) is 0.0209. The average molecular weight is 1040 g/mol. The molecule has 2 aliphatic carbocycles. The average Bonchev–Trinajstić information content (AvgIpc) is 4.23. The number of carbonyl (C=O) groups excluding carboxylic acids is 1. The van der Waals surface area contributed by atoms with Crippen molar-refractivity contribution in [2.45, 2.75) is 65.7 Å². The maximum atomic E-state index is 11.5. The maximum absolute atomic E-state index is 11.5. The van der Waals surface area contributed by atoms with E-state index in [9.17, 15) is 9.90 Å². The number of rotatable bonds is 23. The highest BCUT2D eigenvalue weighted by Crippen LogP contribution is 2.58. The summed E-state index contributed by atoms with van der Waals surface area (Å²) in [6.07, 6.45) is 5.01. The zero-order chi connectivity index (χ0) is 51.6. The molecule has 378 valence electrons. The first-order valence-electron chi connectivity index (χ1n) is 24.4. The van der Waals surface area contributed by atoms with Gasteiger partial charge in [0.1, 0.15) is 0 Å². The fourth-order valence-corrected chi connectivity index (χ4v) is 14.1. The summed E-state index contributed by atoms with van der Waals surface area (Å²) in [5, 5.41) is 11.7. The Bertz CT molecular complexity index is 2960. The number of carbonyl (C=O) groups is 1. The number of Topliss-reactive ketones (excluding diaryl/α,β-unsaturated/α-hetero) is 1. The Labute approximate surface area is 442 Å². The van der Waals surface area contributed by atoms with Crippen molar-refractivity contribution in [1.29, 1.82) is 0 Å². The summed E-state index contributed by atoms with van der Waals surface area (Å²) in [5.41, 5.74) is 10.1. The minimum absolute atomic E-state index is 0.0209. The molecule has 2 aliphatic rings. The van der Waals surface area contributed by atoms with Crippen LogP contribution < -0.4 is 9.80 Å². The normalized spacial score (nSPS) is 13.9. The van der Waals surface area contributed by atoms with Crippen molar-refractivity contribution in [2.24, 2.45) is 0 Å². The molecule has 14 heteroatoms. The summed E-state index contributed by atoms with van der Waals surface area (Å²) in [4.78, 5) is 30.9. The zero-order valence-corrected chi connectivity index (χ0v) is 46.2. The first-order chi connectivity index (χ1) is 34.6. The quantitative estimate of drug-likeness (QED) is 0.0386. The number of aliphatic hydroxyl groups is 1. The van der Waals surface area contributed by atoms with Gasteiger partial charge < -0.3 is 33.9 Å². The molecule has 4 aromatic heterocycles. The largest absolute Gasteiger partial charge is 0.395 e. The fraction of sp³-hybridized carbons (Fsp3) is 0.397. The van der Waals surface area contributed by atoms with Crippen LogP contribution in [0.5, 0.6) is 0 Å². The lowest BCUT2D eigenvalue weighted by Gasteiger charge is -2.20. The Morgan fingerprint density at radius 2 is 0.958 bits per heavy atom. The van der Waals surface area contributed by atoms with Crippen molar-refractivity contribution in [2.75, 3.05) is 96.4 Å². The van der Waals surface area contributed by atoms with E-state index in [-0.39, 0.29) is 23.2 Å². The van der Waals surface area contributed by atoms with E-state index in [1.165, 1.54) is 52.3 Å². The first kappa shape index (κ1) is 54.5. The van der Waals surface area contributed by atoms with Crippen molar-refractivity contribution >= 4 is 84.7 Å². The molecule has 0 radical (unpaired) electrons. The molecule has 0 atom stereocenters. The number of aliphatic hydroxyl groups excluding tert-OH is 1. The lowest BCUT2D eigenvalue weighted by Crippen LogP contribution is -2.23. The van der Waals surface area contributed by atoms with E-state index in [2.05, 4.69) is 104 Å². The van der Waals surface area contributed by atoms with Gasteiger partial charge >= 0.3 is 0 Å². The lowest BCUT2D eigenvalue weighted by molar-refractivity contribution is -0.000948. The number of likely N-dealkylation sites (N-methyl/N-ethyl adjacent to an activating group) is 2. The molecule has 0 aliphatic heterocycles. The highest BCUT2D eigenvalue weighted by Gasteiger charge is 2.41. The summed E-state index contributed by atoms with van der Waals surface area (Å²) < 4.78 is 22.3. The Balaban J connectivity index is 0.000000219. The molecule has 0 bridgehead atoms. The minimum Gasteiger partial charge on any atom is -0.395 e. The summed E-state index contributed by atoms with van der Waals surface area (Å²) in [7, 11) is 4.13. The first-order valence-corrected chi connectivity index (χ1v) is 27.7. The number of ketones is 1. The van der Waals surface area contributed by atoms with Gasteiger partial charge in [-0.25, -0.2) is 9.69 Å². The smallest absolute Gasteiger partial charge is 0.195 e. The van der Waals surface area contributed by atoms with Crippen LogP contribution in [0, 0.1) is 20.1 Å². The van der Waals surface area contributed by atoms with Gasteiger partial charge in [-0.05, 0) is 90.1 Å². The van der Waals surface area contributed by atoms with Gasteiger partial charge in [0.2, 0.25) is 0 Å². The number of ether oxygens (including phenoxy) is 4. The third-order valence-corrected chi connectivity index (χ3v) is 18.0. The highest BCUT2D eigenvalue weighted by atomic mass is 32.1.